The fourth-order valence-electron chi connectivity index (χ4n) is 2.67. The molecule has 1 heterocycles. The minimum atomic E-state index is -0.136. The highest BCUT2D eigenvalue weighted by Crippen LogP contribution is 2.29. The minimum Gasteiger partial charge on any atom is -0.493 e. The molecule has 2 rings (SSSR count). The third-order valence-electron chi connectivity index (χ3n) is 4.39. The van der Waals surface area contributed by atoms with Gasteiger partial charge in [-0.25, -0.2) is 0 Å². The number of benzene rings is 1. The molecule has 1 atom stereocenters. The van der Waals surface area contributed by atoms with Crippen LogP contribution in [0.4, 0.5) is 0 Å². The SMILES string of the molecule is CCCc1cccc2c(OCCCCOC(=O)C(C)CC)cc(=O)sc12. The number of aryl methyl sites for hydroxylation is 1. The van der Waals surface area contributed by atoms with E-state index in [1.54, 1.807) is 6.07 Å². The molecular formula is C21H28O4S. The molecule has 0 bridgehead atoms. The number of carbonyl (C=O) groups excluding carboxylic acids is 1. The van der Waals surface area contributed by atoms with E-state index in [1.807, 2.05) is 26.0 Å². The molecule has 142 valence electrons. The van der Waals surface area contributed by atoms with Gasteiger partial charge in [-0.15, -0.1) is 0 Å². The predicted octanol–water partition coefficient (Wildman–Crippen LogP) is 4.96. The average molecular weight is 377 g/mol. The van der Waals surface area contributed by atoms with Crippen LogP contribution in [0.1, 0.15) is 52.0 Å². The zero-order valence-corrected chi connectivity index (χ0v) is 16.7. The lowest BCUT2D eigenvalue weighted by molar-refractivity contribution is -0.148. The van der Waals surface area contributed by atoms with Gasteiger partial charge in [0.15, 0.2) is 0 Å². The summed E-state index contributed by atoms with van der Waals surface area (Å²) in [6.07, 6.45) is 4.32. The van der Waals surface area contributed by atoms with Crippen molar-refractivity contribution in [2.45, 2.75) is 52.9 Å². The van der Waals surface area contributed by atoms with E-state index in [2.05, 4.69) is 13.0 Å². The average Bonchev–Trinajstić information content (AvgIpc) is 2.64. The summed E-state index contributed by atoms with van der Waals surface area (Å²) in [6.45, 7) is 6.90. The lowest BCUT2D eigenvalue weighted by atomic mass is 10.1. The first-order chi connectivity index (χ1) is 12.6. The van der Waals surface area contributed by atoms with Gasteiger partial charge in [-0.1, -0.05) is 50.7 Å². The van der Waals surface area contributed by atoms with E-state index in [1.165, 1.54) is 16.9 Å². The summed E-state index contributed by atoms with van der Waals surface area (Å²) in [7, 11) is 0. The summed E-state index contributed by atoms with van der Waals surface area (Å²) in [5.41, 5.74) is 1.20. The van der Waals surface area contributed by atoms with E-state index in [-0.39, 0.29) is 16.6 Å². The topological polar surface area (TPSA) is 52.6 Å². The fourth-order valence-corrected chi connectivity index (χ4v) is 3.61. The smallest absolute Gasteiger partial charge is 0.308 e. The van der Waals surface area contributed by atoms with E-state index < -0.39 is 0 Å². The van der Waals surface area contributed by atoms with E-state index in [0.717, 1.165) is 42.2 Å². The van der Waals surface area contributed by atoms with E-state index in [0.29, 0.717) is 19.0 Å². The molecule has 0 amide bonds. The van der Waals surface area contributed by atoms with Crippen LogP contribution in [0.2, 0.25) is 0 Å². The first-order valence-electron chi connectivity index (χ1n) is 9.42. The van der Waals surface area contributed by atoms with Crippen molar-refractivity contribution >= 4 is 27.4 Å². The number of rotatable bonds is 10. The van der Waals surface area contributed by atoms with Gasteiger partial charge in [0.05, 0.1) is 19.1 Å². The second-order valence-corrected chi connectivity index (χ2v) is 7.52. The lowest BCUT2D eigenvalue weighted by Gasteiger charge is -2.11. The summed E-state index contributed by atoms with van der Waals surface area (Å²) in [6, 6.07) is 7.68. The first kappa shape index (κ1) is 20.4. The van der Waals surface area contributed by atoms with Crippen LogP contribution in [0.25, 0.3) is 10.1 Å². The van der Waals surface area contributed by atoms with Crippen molar-refractivity contribution in [1.29, 1.82) is 0 Å². The van der Waals surface area contributed by atoms with Gasteiger partial charge >= 0.3 is 5.97 Å². The van der Waals surface area contributed by atoms with Crippen molar-refractivity contribution < 1.29 is 14.3 Å². The number of hydrogen-bond donors (Lipinski definition) is 0. The molecule has 5 heteroatoms. The summed E-state index contributed by atoms with van der Waals surface area (Å²) in [4.78, 5) is 23.7. The van der Waals surface area contributed by atoms with Crippen LogP contribution in [-0.2, 0) is 16.0 Å². The van der Waals surface area contributed by atoms with Crippen molar-refractivity contribution in [1.82, 2.24) is 0 Å². The maximum atomic E-state index is 12.0. The quantitative estimate of drug-likeness (QED) is 0.434. The summed E-state index contributed by atoms with van der Waals surface area (Å²) < 4.78 is 12.2. The Morgan fingerprint density at radius 1 is 1.19 bits per heavy atom. The molecule has 0 saturated carbocycles. The highest BCUT2D eigenvalue weighted by molar-refractivity contribution is 7.16. The molecule has 0 fully saturated rings. The summed E-state index contributed by atoms with van der Waals surface area (Å²) in [5.74, 6) is 0.470. The molecule has 1 aromatic heterocycles. The molecule has 2 aromatic rings. The summed E-state index contributed by atoms with van der Waals surface area (Å²) in [5, 5.41) is 1.00. The van der Waals surface area contributed by atoms with Gasteiger partial charge in [0.2, 0.25) is 4.74 Å². The monoisotopic (exact) mass is 376 g/mol. The third-order valence-corrected chi connectivity index (χ3v) is 5.39. The Morgan fingerprint density at radius 3 is 2.69 bits per heavy atom. The standard InChI is InChI=1S/C21H28O4S/c1-4-9-16-10-8-11-17-18(14-19(22)26-20(16)17)24-12-6-7-13-25-21(23)15(3)5-2/h8,10-11,14-15H,4-7,9,12-13H2,1-3H3. The van der Waals surface area contributed by atoms with Gasteiger partial charge in [0.25, 0.3) is 0 Å². The van der Waals surface area contributed by atoms with Crippen LogP contribution in [0.3, 0.4) is 0 Å². The molecule has 0 aliphatic carbocycles. The van der Waals surface area contributed by atoms with E-state index in [4.69, 9.17) is 9.47 Å². The van der Waals surface area contributed by atoms with Crippen molar-refractivity contribution in [3.8, 4) is 5.75 Å². The second kappa shape index (κ2) is 10.3. The van der Waals surface area contributed by atoms with Crippen LogP contribution in [-0.4, -0.2) is 19.2 Å². The van der Waals surface area contributed by atoms with Crippen LogP contribution in [0, 0.1) is 5.92 Å². The Hall–Kier alpha value is -1.88. The first-order valence-corrected chi connectivity index (χ1v) is 10.2. The highest BCUT2D eigenvalue weighted by atomic mass is 32.1. The maximum Gasteiger partial charge on any atom is 0.308 e. The number of carbonyl (C=O) groups is 1. The molecule has 0 aliphatic heterocycles. The van der Waals surface area contributed by atoms with Crippen molar-refractivity contribution in [3.05, 3.63) is 39.4 Å². The van der Waals surface area contributed by atoms with Gasteiger partial charge in [-0.05, 0) is 37.3 Å². The Bertz CT molecular complexity index is 781. The Balaban J connectivity index is 1.92. The lowest BCUT2D eigenvalue weighted by Crippen LogP contribution is -2.15. The molecule has 0 N–H and O–H groups in total. The largest absolute Gasteiger partial charge is 0.493 e. The molecular weight excluding hydrogens is 348 g/mol. The van der Waals surface area contributed by atoms with Crippen molar-refractivity contribution in [2.75, 3.05) is 13.2 Å². The van der Waals surface area contributed by atoms with Crippen LogP contribution in [0.5, 0.6) is 5.75 Å². The Kier molecular flexibility index (Phi) is 8.10. The molecule has 0 aliphatic rings. The number of fused-ring (bicyclic) bond motifs is 1. The van der Waals surface area contributed by atoms with E-state index in [9.17, 15) is 9.59 Å². The molecule has 0 saturated heterocycles. The van der Waals surface area contributed by atoms with Gasteiger partial charge in [-0.2, -0.15) is 0 Å². The molecule has 1 aromatic carbocycles. The third kappa shape index (κ3) is 5.56. The number of ether oxygens (including phenoxy) is 2. The van der Waals surface area contributed by atoms with Crippen LogP contribution in [0.15, 0.2) is 29.1 Å². The van der Waals surface area contributed by atoms with E-state index >= 15 is 0 Å². The molecule has 0 spiro atoms. The number of hydrogen-bond acceptors (Lipinski definition) is 5. The molecule has 4 nitrogen and oxygen atoms in total. The molecule has 26 heavy (non-hydrogen) atoms. The Labute approximate surface area is 159 Å². The number of esters is 1. The van der Waals surface area contributed by atoms with Crippen molar-refractivity contribution in [2.24, 2.45) is 5.92 Å². The van der Waals surface area contributed by atoms with Crippen LogP contribution >= 0.6 is 11.3 Å². The van der Waals surface area contributed by atoms with Gasteiger partial charge in [0, 0.05) is 16.2 Å². The number of unbranched alkanes of at least 4 members (excludes halogenated alkanes) is 1. The predicted molar refractivity (Wildman–Crippen MR) is 107 cm³/mol. The minimum absolute atomic E-state index is 0.0125. The zero-order valence-electron chi connectivity index (χ0n) is 15.9. The molecule has 1 unspecified atom stereocenters. The summed E-state index contributed by atoms with van der Waals surface area (Å²) >= 11 is 1.28. The fraction of sp³-hybridized carbons (Fsp3) is 0.524. The second-order valence-electron chi connectivity index (χ2n) is 6.51. The zero-order chi connectivity index (χ0) is 18.9. The van der Waals surface area contributed by atoms with Gasteiger partial charge < -0.3 is 9.47 Å². The molecule has 0 radical (unpaired) electrons. The van der Waals surface area contributed by atoms with Gasteiger partial charge in [0.1, 0.15) is 5.75 Å². The highest BCUT2D eigenvalue weighted by Gasteiger charge is 2.11. The maximum absolute atomic E-state index is 12.0. The van der Waals surface area contributed by atoms with Gasteiger partial charge in [-0.3, -0.25) is 9.59 Å². The Morgan fingerprint density at radius 2 is 1.96 bits per heavy atom. The van der Waals surface area contributed by atoms with Crippen LogP contribution < -0.4 is 9.48 Å². The van der Waals surface area contributed by atoms with Crippen molar-refractivity contribution in [3.63, 3.8) is 0 Å². The normalized spacial score (nSPS) is 12.1.